The van der Waals surface area contributed by atoms with Crippen LogP contribution in [0.5, 0.6) is 0 Å². The molecule has 1 rings (SSSR count). The van der Waals surface area contributed by atoms with Crippen LogP contribution in [0.2, 0.25) is 0 Å². The highest BCUT2D eigenvalue weighted by Crippen LogP contribution is 2.15. The van der Waals surface area contributed by atoms with Crippen LogP contribution in [0.1, 0.15) is 25.1 Å². The molecular formula is C9H17N3. The zero-order valence-electron chi connectivity index (χ0n) is 8.26. The molecule has 2 N–H and O–H groups in total. The topological polar surface area (TPSA) is 43.8 Å². The van der Waals surface area contributed by atoms with Gasteiger partial charge in [-0.05, 0) is 19.8 Å². The summed E-state index contributed by atoms with van der Waals surface area (Å²) in [6, 6.07) is 0. The molecule has 0 aromatic carbocycles. The fourth-order valence-corrected chi connectivity index (χ4v) is 1.17. The summed E-state index contributed by atoms with van der Waals surface area (Å²) in [4.78, 5) is 0. The highest BCUT2D eigenvalue weighted by molar-refractivity contribution is 5.41. The van der Waals surface area contributed by atoms with Gasteiger partial charge in [0.05, 0.1) is 5.69 Å². The SMILES string of the molecule is Cc1nn(CC(C)C)c(N)c1C. The third kappa shape index (κ3) is 1.60. The summed E-state index contributed by atoms with van der Waals surface area (Å²) in [5, 5.41) is 4.34. The highest BCUT2D eigenvalue weighted by Gasteiger charge is 2.08. The van der Waals surface area contributed by atoms with Crippen molar-refractivity contribution in [1.82, 2.24) is 9.78 Å². The van der Waals surface area contributed by atoms with Crippen LogP contribution >= 0.6 is 0 Å². The minimum atomic E-state index is 0.589. The smallest absolute Gasteiger partial charge is 0.124 e. The third-order valence-corrected chi connectivity index (χ3v) is 2.01. The number of nitrogen functional groups attached to an aromatic ring is 1. The Morgan fingerprint density at radius 1 is 1.42 bits per heavy atom. The van der Waals surface area contributed by atoms with Crippen LogP contribution in [-0.2, 0) is 6.54 Å². The van der Waals surface area contributed by atoms with Gasteiger partial charge in [0.2, 0.25) is 0 Å². The summed E-state index contributed by atoms with van der Waals surface area (Å²) in [6.07, 6.45) is 0. The maximum Gasteiger partial charge on any atom is 0.124 e. The second-order valence-electron chi connectivity index (χ2n) is 3.67. The van der Waals surface area contributed by atoms with E-state index >= 15 is 0 Å². The third-order valence-electron chi connectivity index (χ3n) is 2.01. The van der Waals surface area contributed by atoms with Gasteiger partial charge in [-0.2, -0.15) is 5.10 Å². The van der Waals surface area contributed by atoms with Crippen LogP contribution in [0.4, 0.5) is 5.82 Å². The van der Waals surface area contributed by atoms with Crippen molar-refractivity contribution in [2.45, 2.75) is 34.2 Å². The van der Waals surface area contributed by atoms with Gasteiger partial charge in [0.25, 0.3) is 0 Å². The standard InChI is InChI=1S/C9H17N3/c1-6(2)5-12-9(10)7(3)8(4)11-12/h6H,5,10H2,1-4H3. The normalized spacial score (nSPS) is 11.1. The van der Waals surface area contributed by atoms with Crippen LogP contribution in [0.3, 0.4) is 0 Å². The number of hydrogen-bond donors (Lipinski definition) is 1. The molecule has 1 heterocycles. The Hall–Kier alpha value is -0.990. The van der Waals surface area contributed by atoms with Crippen molar-refractivity contribution in [3.8, 4) is 0 Å². The first-order chi connectivity index (χ1) is 5.52. The molecule has 0 amide bonds. The summed E-state index contributed by atoms with van der Waals surface area (Å²) < 4.78 is 1.88. The van der Waals surface area contributed by atoms with E-state index in [1.165, 1.54) is 0 Å². The van der Waals surface area contributed by atoms with Gasteiger partial charge in [-0.3, -0.25) is 0 Å². The van der Waals surface area contributed by atoms with Gasteiger partial charge in [-0.15, -0.1) is 0 Å². The minimum absolute atomic E-state index is 0.589. The van der Waals surface area contributed by atoms with Crippen LogP contribution in [-0.4, -0.2) is 9.78 Å². The summed E-state index contributed by atoms with van der Waals surface area (Å²) in [6.45, 7) is 9.22. The molecule has 1 aromatic rings. The Morgan fingerprint density at radius 2 is 2.00 bits per heavy atom. The van der Waals surface area contributed by atoms with Crippen LogP contribution < -0.4 is 5.73 Å². The molecule has 0 bridgehead atoms. The molecular weight excluding hydrogens is 150 g/mol. The van der Waals surface area contributed by atoms with E-state index in [4.69, 9.17) is 5.73 Å². The maximum atomic E-state index is 5.85. The van der Waals surface area contributed by atoms with E-state index in [9.17, 15) is 0 Å². The van der Waals surface area contributed by atoms with Crippen molar-refractivity contribution < 1.29 is 0 Å². The highest BCUT2D eigenvalue weighted by atomic mass is 15.3. The second-order valence-corrected chi connectivity index (χ2v) is 3.67. The van der Waals surface area contributed by atoms with E-state index in [1.54, 1.807) is 0 Å². The molecule has 0 aliphatic carbocycles. The number of aryl methyl sites for hydroxylation is 1. The molecule has 0 unspecified atom stereocenters. The molecule has 0 fully saturated rings. The number of aromatic nitrogens is 2. The lowest BCUT2D eigenvalue weighted by atomic mass is 10.2. The first-order valence-electron chi connectivity index (χ1n) is 4.32. The molecule has 0 aliphatic rings. The number of nitrogens with zero attached hydrogens (tertiary/aromatic N) is 2. The van der Waals surface area contributed by atoms with E-state index in [0.717, 1.165) is 23.6 Å². The van der Waals surface area contributed by atoms with Crippen molar-refractivity contribution in [2.75, 3.05) is 5.73 Å². The van der Waals surface area contributed by atoms with Gasteiger partial charge in [0.1, 0.15) is 5.82 Å². The molecule has 3 heteroatoms. The summed E-state index contributed by atoms with van der Waals surface area (Å²) in [7, 11) is 0. The Morgan fingerprint density at radius 3 is 2.33 bits per heavy atom. The molecule has 3 nitrogen and oxygen atoms in total. The Bertz CT molecular complexity index is 274. The summed E-state index contributed by atoms with van der Waals surface area (Å²) in [5.74, 6) is 1.40. The van der Waals surface area contributed by atoms with Gasteiger partial charge in [-0.1, -0.05) is 13.8 Å². The van der Waals surface area contributed by atoms with Gasteiger partial charge in [0.15, 0.2) is 0 Å². The summed E-state index contributed by atoms with van der Waals surface area (Å²) in [5.41, 5.74) is 7.99. The van der Waals surface area contributed by atoms with Crippen molar-refractivity contribution in [2.24, 2.45) is 5.92 Å². The fraction of sp³-hybridized carbons (Fsp3) is 0.667. The number of anilines is 1. The first-order valence-corrected chi connectivity index (χ1v) is 4.32. The maximum absolute atomic E-state index is 5.85. The van der Waals surface area contributed by atoms with Crippen LogP contribution in [0, 0.1) is 19.8 Å². The van der Waals surface area contributed by atoms with Gasteiger partial charge >= 0.3 is 0 Å². The molecule has 0 saturated carbocycles. The first kappa shape index (κ1) is 9.10. The van der Waals surface area contributed by atoms with E-state index in [0.29, 0.717) is 5.92 Å². The Labute approximate surface area is 73.6 Å². The number of rotatable bonds is 2. The predicted molar refractivity (Wildman–Crippen MR) is 51.0 cm³/mol. The van der Waals surface area contributed by atoms with E-state index in [-0.39, 0.29) is 0 Å². The lowest BCUT2D eigenvalue weighted by Crippen LogP contribution is -2.09. The van der Waals surface area contributed by atoms with E-state index in [1.807, 2.05) is 18.5 Å². The molecule has 0 aliphatic heterocycles. The van der Waals surface area contributed by atoms with E-state index in [2.05, 4.69) is 18.9 Å². The molecule has 1 aromatic heterocycles. The fourth-order valence-electron chi connectivity index (χ4n) is 1.17. The molecule has 0 spiro atoms. The minimum Gasteiger partial charge on any atom is -0.384 e. The van der Waals surface area contributed by atoms with Crippen LogP contribution in [0.25, 0.3) is 0 Å². The Balaban J connectivity index is 2.93. The van der Waals surface area contributed by atoms with Crippen molar-refractivity contribution in [3.63, 3.8) is 0 Å². The van der Waals surface area contributed by atoms with Crippen molar-refractivity contribution >= 4 is 5.82 Å². The van der Waals surface area contributed by atoms with Crippen molar-refractivity contribution in [3.05, 3.63) is 11.3 Å². The lowest BCUT2D eigenvalue weighted by molar-refractivity contribution is 0.486. The molecule has 0 saturated heterocycles. The largest absolute Gasteiger partial charge is 0.384 e. The zero-order valence-corrected chi connectivity index (χ0v) is 8.26. The quantitative estimate of drug-likeness (QED) is 0.729. The number of nitrogens with two attached hydrogens (primary N) is 1. The predicted octanol–water partition coefficient (Wildman–Crippen LogP) is 1.74. The van der Waals surface area contributed by atoms with Crippen LogP contribution in [0.15, 0.2) is 0 Å². The monoisotopic (exact) mass is 167 g/mol. The van der Waals surface area contributed by atoms with Gasteiger partial charge < -0.3 is 5.73 Å². The molecule has 68 valence electrons. The molecule has 0 radical (unpaired) electrons. The van der Waals surface area contributed by atoms with Crippen molar-refractivity contribution in [1.29, 1.82) is 0 Å². The van der Waals surface area contributed by atoms with E-state index < -0.39 is 0 Å². The van der Waals surface area contributed by atoms with Gasteiger partial charge in [-0.25, -0.2) is 4.68 Å². The average molecular weight is 167 g/mol. The lowest BCUT2D eigenvalue weighted by Gasteiger charge is -2.06. The molecule has 12 heavy (non-hydrogen) atoms. The average Bonchev–Trinajstić information content (AvgIpc) is 2.17. The Kier molecular flexibility index (Phi) is 2.40. The van der Waals surface area contributed by atoms with Gasteiger partial charge in [0, 0.05) is 12.1 Å². The number of hydrogen-bond acceptors (Lipinski definition) is 2. The summed E-state index contributed by atoms with van der Waals surface area (Å²) >= 11 is 0. The second kappa shape index (κ2) is 3.17. The zero-order chi connectivity index (χ0) is 9.30. The molecule has 0 atom stereocenters.